The number of likely N-dealkylation sites (tertiary alicyclic amines) is 2. The Hall–Kier alpha value is -3.01. The van der Waals surface area contributed by atoms with Crippen LogP contribution >= 0.6 is 0 Å². The molecule has 9 nitrogen and oxygen atoms in total. The van der Waals surface area contributed by atoms with Crippen LogP contribution in [0.4, 0.5) is 0 Å². The lowest BCUT2D eigenvalue weighted by Gasteiger charge is -2.43. The third kappa shape index (κ3) is 9.27. The van der Waals surface area contributed by atoms with Crippen LogP contribution in [0.5, 0.6) is 0 Å². The van der Waals surface area contributed by atoms with Gasteiger partial charge in [0.1, 0.15) is 18.3 Å². The fourth-order valence-electron chi connectivity index (χ4n) is 8.13. The summed E-state index contributed by atoms with van der Waals surface area (Å²) in [7, 11) is 0. The zero-order valence-electron chi connectivity index (χ0n) is 27.3. The first-order valence-corrected chi connectivity index (χ1v) is 17.4. The normalized spacial score (nSPS) is 19.6. The highest BCUT2D eigenvalue weighted by atomic mass is 16.5. The van der Waals surface area contributed by atoms with E-state index in [2.05, 4.69) is 58.9 Å². The fraction of sp³-hybridized carbons (Fsp3) is 0.639. The first kappa shape index (κ1) is 32.0. The number of hydrogen-bond acceptors (Lipinski definition) is 7. The van der Waals surface area contributed by atoms with Crippen LogP contribution in [-0.2, 0) is 35.5 Å². The summed E-state index contributed by atoms with van der Waals surface area (Å²) in [6.07, 6.45) is 20.3. The number of rotatable bonds is 14. The third-order valence-electron chi connectivity index (χ3n) is 10.6. The van der Waals surface area contributed by atoms with E-state index in [-0.39, 0.29) is 5.97 Å². The average Bonchev–Trinajstić information content (AvgIpc) is 3.83. The van der Waals surface area contributed by atoms with Gasteiger partial charge in [0.2, 0.25) is 0 Å². The maximum atomic E-state index is 11.5. The van der Waals surface area contributed by atoms with Crippen molar-refractivity contribution in [1.29, 1.82) is 0 Å². The van der Waals surface area contributed by atoms with Gasteiger partial charge in [-0.3, -0.25) is 14.6 Å². The van der Waals surface area contributed by atoms with E-state index in [1.165, 1.54) is 95.6 Å². The van der Waals surface area contributed by atoms with Gasteiger partial charge in [-0.05, 0) is 74.2 Å². The largest absolute Gasteiger partial charge is 0.465 e. The molecule has 0 amide bonds. The number of hydrogen-bond donors (Lipinski definition) is 2. The number of ether oxygens (including phenoxy) is 1. The minimum atomic E-state index is -0.236. The molecule has 2 aromatic heterocycles. The van der Waals surface area contributed by atoms with Gasteiger partial charge in [0.05, 0.1) is 0 Å². The zero-order chi connectivity index (χ0) is 30.9. The molecule has 9 heteroatoms. The monoisotopic (exact) mass is 615 g/mol. The molecule has 3 aliphatic rings. The second-order valence-electron chi connectivity index (χ2n) is 14.0. The molecule has 2 N–H and O–H groups in total. The summed E-state index contributed by atoms with van der Waals surface area (Å²) in [5.74, 6) is 2.03. The van der Waals surface area contributed by atoms with Crippen molar-refractivity contribution in [2.45, 2.75) is 90.3 Å². The number of piperidine rings is 1. The van der Waals surface area contributed by atoms with Crippen LogP contribution in [0.2, 0.25) is 0 Å². The van der Waals surface area contributed by atoms with Crippen LogP contribution < -0.4 is 0 Å². The zero-order valence-corrected chi connectivity index (χ0v) is 27.3. The molecule has 1 saturated carbocycles. The third-order valence-corrected chi connectivity index (χ3v) is 10.6. The minimum absolute atomic E-state index is 0.236. The van der Waals surface area contributed by atoms with Crippen molar-refractivity contribution >= 4 is 5.97 Å². The lowest BCUT2D eigenvalue weighted by Crippen LogP contribution is -2.46. The molecule has 3 aromatic rings. The molecule has 0 radical (unpaired) electrons. The van der Waals surface area contributed by atoms with Crippen molar-refractivity contribution in [3.05, 3.63) is 71.8 Å². The molecule has 0 bridgehead atoms. The van der Waals surface area contributed by atoms with Gasteiger partial charge in [0.25, 0.3) is 0 Å². The van der Waals surface area contributed by atoms with Gasteiger partial charge in [0, 0.05) is 83.3 Å². The highest BCUT2D eigenvalue weighted by molar-refractivity contribution is 5.65. The lowest BCUT2D eigenvalue weighted by molar-refractivity contribution is -0.141. The number of nitrogens with one attached hydrogen (secondary N) is 2. The Morgan fingerprint density at radius 1 is 0.956 bits per heavy atom. The van der Waals surface area contributed by atoms with Gasteiger partial charge in [-0.2, -0.15) is 0 Å². The van der Waals surface area contributed by atoms with Crippen molar-refractivity contribution in [3.8, 4) is 0 Å². The molecule has 6 rings (SSSR count). The lowest BCUT2D eigenvalue weighted by atomic mass is 9.77. The number of carbonyl (C=O) groups excluding carboxylic acids is 1. The Labute approximate surface area is 269 Å². The topological polar surface area (TPSA) is 93.4 Å². The number of esters is 1. The number of H-pyrrole nitrogens is 2. The second kappa shape index (κ2) is 15.5. The smallest absolute Gasteiger partial charge is 0.302 e. The molecule has 0 atom stereocenters. The SMILES string of the molecule is CC(=O)OCCN(Cc1ccc(CN2CCC3(CCN(C4CCCCC4)CC3)C2)cc1)CC(Cc1ncc[nH]1)Cc1ncc[nH]1. The predicted octanol–water partition coefficient (Wildman–Crippen LogP) is 5.22. The summed E-state index contributed by atoms with van der Waals surface area (Å²) in [6.45, 7) is 10.3. The quantitative estimate of drug-likeness (QED) is 0.240. The van der Waals surface area contributed by atoms with Crippen molar-refractivity contribution < 1.29 is 9.53 Å². The number of benzene rings is 1. The molecule has 3 fully saturated rings. The Bertz CT molecular complexity index is 1240. The highest BCUT2D eigenvalue weighted by Crippen LogP contribution is 2.42. The van der Waals surface area contributed by atoms with E-state index in [1.807, 2.05) is 24.8 Å². The Kier molecular flexibility index (Phi) is 11.0. The van der Waals surface area contributed by atoms with Crippen molar-refractivity contribution in [1.82, 2.24) is 34.6 Å². The summed E-state index contributed by atoms with van der Waals surface area (Å²) in [6, 6.07) is 10.1. The van der Waals surface area contributed by atoms with E-state index in [1.54, 1.807) is 0 Å². The van der Waals surface area contributed by atoms with Crippen molar-refractivity contribution in [3.63, 3.8) is 0 Å². The number of aromatic amines is 2. The van der Waals surface area contributed by atoms with Gasteiger partial charge in [-0.1, -0.05) is 43.5 Å². The van der Waals surface area contributed by atoms with Crippen LogP contribution in [0.1, 0.15) is 81.1 Å². The van der Waals surface area contributed by atoms with E-state index in [9.17, 15) is 4.79 Å². The molecule has 2 aliphatic heterocycles. The van der Waals surface area contributed by atoms with Crippen LogP contribution in [-0.4, -0.2) is 92.5 Å². The molecule has 244 valence electrons. The Balaban J connectivity index is 1.03. The van der Waals surface area contributed by atoms with Gasteiger partial charge >= 0.3 is 5.97 Å². The van der Waals surface area contributed by atoms with Crippen LogP contribution in [0.15, 0.2) is 49.1 Å². The average molecular weight is 616 g/mol. The van der Waals surface area contributed by atoms with E-state index in [4.69, 9.17) is 4.74 Å². The first-order valence-electron chi connectivity index (χ1n) is 17.4. The fourth-order valence-corrected chi connectivity index (χ4v) is 8.13. The number of imidazole rings is 2. The maximum absolute atomic E-state index is 11.5. The Morgan fingerprint density at radius 2 is 1.60 bits per heavy atom. The number of carbonyl (C=O) groups is 1. The van der Waals surface area contributed by atoms with E-state index in [0.717, 1.165) is 50.2 Å². The standard InChI is InChI=1S/C36H53N7O2/c1-29(44)45-22-21-41(27-32(23-34-37-14-15-38-34)24-35-39-16-17-40-35)25-30-7-9-31(10-8-30)26-42-18-11-36(28-42)12-19-43(20-13-36)33-5-3-2-4-6-33/h7-10,14-17,32-33H,2-6,11-13,18-28H2,1H3,(H,37,38)(H,39,40). The number of aromatic nitrogens is 4. The molecular formula is C36H53N7O2. The van der Waals surface area contributed by atoms with Gasteiger partial charge < -0.3 is 19.6 Å². The first-order chi connectivity index (χ1) is 22.0. The molecule has 4 heterocycles. The molecule has 2 saturated heterocycles. The summed E-state index contributed by atoms with van der Waals surface area (Å²) >= 11 is 0. The summed E-state index contributed by atoms with van der Waals surface area (Å²) in [5.41, 5.74) is 3.22. The molecule has 1 spiro atoms. The van der Waals surface area contributed by atoms with E-state index >= 15 is 0 Å². The molecular weight excluding hydrogens is 562 g/mol. The van der Waals surface area contributed by atoms with Crippen molar-refractivity contribution in [2.24, 2.45) is 11.3 Å². The predicted molar refractivity (Wildman–Crippen MR) is 176 cm³/mol. The van der Waals surface area contributed by atoms with E-state index < -0.39 is 0 Å². The van der Waals surface area contributed by atoms with Crippen LogP contribution in [0.25, 0.3) is 0 Å². The summed E-state index contributed by atoms with van der Waals surface area (Å²) < 4.78 is 5.36. The van der Waals surface area contributed by atoms with Crippen molar-refractivity contribution in [2.75, 3.05) is 45.9 Å². The molecule has 1 aromatic carbocycles. The maximum Gasteiger partial charge on any atom is 0.302 e. The highest BCUT2D eigenvalue weighted by Gasteiger charge is 2.41. The van der Waals surface area contributed by atoms with Crippen LogP contribution in [0.3, 0.4) is 0 Å². The van der Waals surface area contributed by atoms with Gasteiger partial charge in [-0.15, -0.1) is 0 Å². The van der Waals surface area contributed by atoms with Crippen LogP contribution in [0, 0.1) is 11.3 Å². The molecule has 1 aliphatic carbocycles. The molecule has 0 unspecified atom stereocenters. The summed E-state index contributed by atoms with van der Waals surface area (Å²) in [5, 5.41) is 0. The number of nitrogens with zero attached hydrogens (tertiary/aromatic N) is 5. The second-order valence-corrected chi connectivity index (χ2v) is 14.0. The van der Waals surface area contributed by atoms with E-state index in [0.29, 0.717) is 24.5 Å². The minimum Gasteiger partial charge on any atom is -0.465 e. The molecule has 45 heavy (non-hydrogen) atoms. The summed E-state index contributed by atoms with van der Waals surface area (Å²) in [4.78, 5) is 34.9. The van der Waals surface area contributed by atoms with Gasteiger partial charge in [0.15, 0.2) is 0 Å². The Morgan fingerprint density at radius 3 is 2.22 bits per heavy atom. The van der Waals surface area contributed by atoms with Gasteiger partial charge in [-0.25, -0.2) is 9.97 Å².